The predicted molar refractivity (Wildman–Crippen MR) is 61.3 cm³/mol. The first-order valence-electron chi connectivity index (χ1n) is 4.21. The summed E-state index contributed by atoms with van der Waals surface area (Å²) in [5.74, 6) is 0. The number of H-pyrrole nitrogens is 1. The van der Waals surface area contributed by atoms with Gasteiger partial charge in [0.25, 0.3) is 10.0 Å². The highest BCUT2D eigenvalue weighted by molar-refractivity contribution is 9.10. The topological polar surface area (TPSA) is 87.7 Å². The summed E-state index contributed by atoms with van der Waals surface area (Å²) in [6.07, 6.45) is 4.08. The number of anilines is 1. The van der Waals surface area contributed by atoms with Crippen LogP contribution in [-0.2, 0) is 10.0 Å². The van der Waals surface area contributed by atoms with Crippen LogP contribution < -0.4 is 4.72 Å². The molecule has 0 amide bonds. The second-order valence-electron chi connectivity index (χ2n) is 2.86. The quantitative estimate of drug-likeness (QED) is 0.838. The fraction of sp³-hybridized carbons (Fsp3) is 0. The molecule has 0 atom stereocenters. The van der Waals surface area contributed by atoms with Gasteiger partial charge in [-0.15, -0.1) is 0 Å². The van der Waals surface area contributed by atoms with Crippen molar-refractivity contribution in [3.8, 4) is 0 Å². The van der Waals surface area contributed by atoms with Crippen LogP contribution in [0.25, 0.3) is 0 Å². The van der Waals surface area contributed by atoms with E-state index >= 15 is 0 Å². The van der Waals surface area contributed by atoms with Gasteiger partial charge in [0.2, 0.25) is 0 Å². The molecular formula is C8H7BrN4O2S. The molecule has 2 heterocycles. The molecule has 0 aliphatic carbocycles. The lowest BCUT2D eigenvalue weighted by Gasteiger charge is -2.06. The van der Waals surface area contributed by atoms with Crippen LogP contribution in [0.1, 0.15) is 0 Å². The van der Waals surface area contributed by atoms with E-state index in [1.54, 1.807) is 18.3 Å². The number of hydrogen-bond acceptors (Lipinski definition) is 4. The fourth-order valence-electron chi connectivity index (χ4n) is 1.05. The Kier molecular flexibility index (Phi) is 2.92. The maximum absolute atomic E-state index is 11.8. The van der Waals surface area contributed by atoms with Crippen molar-refractivity contribution in [2.45, 2.75) is 5.03 Å². The highest BCUT2D eigenvalue weighted by Gasteiger charge is 2.16. The van der Waals surface area contributed by atoms with Crippen molar-refractivity contribution in [2.24, 2.45) is 0 Å². The van der Waals surface area contributed by atoms with Gasteiger partial charge in [0, 0.05) is 6.20 Å². The van der Waals surface area contributed by atoms with E-state index in [4.69, 9.17) is 0 Å². The van der Waals surface area contributed by atoms with Gasteiger partial charge in [-0.1, -0.05) is 0 Å². The number of pyridine rings is 1. The number of aromatic nitrogens is 3. The molecule has 0 saturated carbocycles. The summed E-state index contributed by atoms with van der Waals surface area (Å²) in [6.45, 7) is 0. The summed E-state index contributed by atoms with van der Waals surface area (Å²) in [7, 11) is -3.63. The Labute approximate surface area is 100 Å². The Morgan fingerprint density at radius 3 is 2.88 bits per heavy atom. The summed E-state index contributed by atoms with van der Waals surface area (Å²) < 4.78 is 26.4. The van der Waals surface area contributed by atoms with E-state index in [1.807, 2.05) is 0 Å². The van der Waals surface area contributed by atoms with E-state index in [2.05, 4.69) is 35.6 Å². The molecule has 0 fully saturated rings. The van der Waals surface area contributed by atoms with Crippen molar-refractivity contribution < 1.29 is 8.42 Å². The van der Waals surface area contributed by atoms with Crippen LogP contribution in [0.15, 0.2) is 40.5 Å². The Morgan fingerprint density at radius 2 is 2.25 bits per heavy atom. The molecule has 0 unspecified atom stereocenters. The van der Waals surface area contributed by atoms with Crippen molar-refractivity contribution in [1.82, 2.24) is 15.0 Å². The van der Waals surface area contributed by atoms with Crippen LogP contribution in [0.4, 0.5) is 5.69 Å². The van der Waals surface area contributed by atoms with Crippen molar-refractivity contribution in [2.75, 3.05) is 4.72 Å². The van der Waals surface area contributed by atoms with E-state index in [-0.39, 0.29) is 5.03 Å². The Morgan fingerprint density at radius 1 is 1.44 bits per heavy atom. The van der Waals surface area contributed by atoms with Gasteiger partial charge in [-0.25, -0.2) is 9.97 Å². The average molecular weight is 303 g/mol. The molecule has 2 N–H and O–H groups in total. The third kappa shape index (κ3) is 2.22. The molecule has 2 aromatic heterocycles. The molecular weight excluding hydrogens is 296 g/mol. The smallest absolute Gasteiger partial charge is 0.279 e. The van der Waals surface area contributed by atoms with Crippen LogP contribution >= 0.6 is 15.9 Å². The largest absolute Gasteiger partial charge is 0.334 e. The van der Waals surface area contributed by atoms with Crippen LogP contribution in [0.3, 0.4) is 0 Å². The highest BCUT2D eigenvalue weighted by Crippen LogP contribution is 2.21. The number of imidazole rings is 1. The summed E-state index contributed by atoms with van der Waals surface area (Å²) in [6, 6.07) is 3.24. The minimum Gasteiger partial charge on any atom is -0.334 e. The molecule has 0 spiro atoms. The number of aromatic amines is 1. The molecule has 6 nitrogen and oxygen atoms in total. The molecule has 0 radical (unpaired) electrons. The SMILES string of the molecule is O=S(=O)(Nc1cccnc1Br)c1cnc[nH]1. The summed E-state index contributed by atoms with van der Waals surface area (Å²) >= 11 is 3.15. The van der Waals surface area contributed by atoms with Gasteiger partial charge in [0.15, 0.2) is 5.03 Å². The molecule has 8 heteroatoms. The second kappa shape index (κ2) is 4.22. The Hall–Kier alpha value is -1.41. The van der Waals surface area contributed by atoms with Gasteiger partial charge in [0.1, 0.15) is 4.60 Å². The number of halogens is 1. The zero-order chi connectivity index (χ0) is 11.6. The number of nitrogens with zero attached hydrogens (tertiary/aromatic N) is 2. The maximum Gasteiger partial charge on any atom is 0.279 e. The Balaban J connectivity index is 2.33. The molecule has 0 bridgehead atoms. The lowest BCUT2D eigenvalue weighted by atomic mass is 10.4. The summed E-state index contributed by atoms with van der Waals surface area (Å²) in [5, 5.41) is 0.00301. The molecule has 2 aromatic rings. The van der Waals surface area contributed by atoms with Crippen molar-refractivity contribution in [3.05, 3.63) is 35.5 Å². The van der Waals surface area contributed by atoms with E-state index in [9.17, 15) is 8.42 Å². The minimum atomic E-state index is -3.63. The molecule has 2 rings (SSSR count). The molecule has 16 heavy (non-hydrogen) atoms. The molecule has 0 aliphatic heterocycles. The van der Waals surface area contributed by atoms with Crippen molar-refractivity contribution in [3.63, 3.8) is 0 Å². The number of rotatable bonds is 3. The first-order chi connectivity index (χ1) is 7.59. The number of nitrogens with one attached hydrogen (secondary N) is 2. The van der Waals surface area contributed by atoms with E-state index in [1.165, 1.54) is 12.5 Å². The van der Waals surface area contributed by atoms with E-state index in [0.29, 0.717) is 10.3 Å². The summed E-state index contributed by atoms with van der Waals surface area (Å²) in [4.78, 5) is 10.1. The lowest BCUT2D eigenvalue weighted by molar-refractivity contribution is 0.598. The van der Waals surface area contributed by atoms with Gasteiger partial charge in [-0.05, 0) is 28.1 Å². The van der Waals surface area contributed by atoms with Gasteiger partial charge < -0.3 is 4.98 Å². The normalized spacial score (nSPS) is 11.3. The van der Waals surface area contributed by atoms with E-state index < -0.39 is 10.0 Å². The predicted octanol–water partition coefficient (Wildman–Crippen LogP) is 1.37. The van der Waals surface area contributed by atoms with Crippen molar-refractivity contribution in [1.29, 1.82) is 0 Å². The fourth-order valence-corrected chi connectivity index (χ4v) is 2.50. The van der Waals surface area contributed by atoms with Crippen molar-refractivity contribution >= 4 is 31.6 Å². The third-order valence-electron chi connectivity index (χ3n) is 1.77. The first-order valence-corrected chi connectivity index (χ1v) is 6.49. The third-order valence-corrected chi connectivity index (χ3v) is 3.69. The van der Waals surface area contributed by atoms with Crippen LogP contribution in [-0.4, -0.2) is 23.4 Å². The molecule has 0 aliphatic rings. The average Bonchev–Trinajstić information content (AvgIpc) is 2.75. The van der Waals surface area contributed by atoms with Gasteiger partial charge in [-0.3, -0.25) is 4.72 Å². The van der Waals surface area contributed by atoms with Crippen LogP contribution in [0.5, 0.6) is 0 Å². The van der Waals surface area contributed by atoms with Gasteiger partial charge in [-0.2, -0.15) is 8.42 Å². The van der Waals surface area contributed by atoms with Gasteiger partial charge >= 0.3 is 0 Å². The highest BCUT2D eigenvalue weighted by atomic mass is 79.9. The number of sulfonamides is 1. The lowest BCUT2D eigenvalue weighted by Crippen LogP contribution is -2.13. The van der Waals surface area contributed by atoms with Gasteiger partial charge in [0.05, 0.1) is 18.2 Å². The molecule has 0 saturated heterocycles. The maximum atomic E-state index is 11.8. The summed E-state index contributed by atoms with van der Waals surface area (Å²) in [5.41, 5.74) is 0.372. The first kappa shape index (κ1) is 11.1. The monoisotopic (exact) mass is 302 g/mol. The zero-order valence-electron chi connectivity index (χ0n) is 7.88. The molecule has 84 valence electrons. The van der Waals surface area contributed by atoms with Crippen LogP contribution in [0.2, 0.25) is 0 Å². The minimum absolute atomic E-state index is 0.00301. The zero-order valence-corrected chi connectivity index (χ0v) is 10.3. The van der Waals surface area contributed by atoms with Crippen LogP contribution in [0, 0.1) is 0 Å². The number of hydrogen-bond donors (Lipinski definition) is 2. The molecule has 0 aromatic carbocycles. The standard InChI is InChI=1S/C8H7BrN4O2S/c9-8-6(2-1-3-11-8)13-16(14,15)7-4-10-5-12-7/h1-5,13H,(H,10,12). The second-order valence-corrected chi connectivity index (χ2v) is 5.27. The van der Waals surface area contributed by atoms with E-state index in [0.717, 1.165) is 0 Å². The Bertz CT molecular complexity index is 582.